The van der Waals surface area contributed by atoms with Gasteiger partial charge in [-0.2, -0.15) is 4.98 Å². The Morgan fingerprint density at radius 2 is 2.07 bits per heavy atom. The Hall–Kier alpha value is -1.40. The molecule has 2 nitrogen and oxygen atoms in total. The molecule has 2 aromatic heterocycles. The molecule has 0 spiro atoms. The summed E-state index contributed by atoms with van der Waals surface area (Å²) in [5.41, 5.74) is 0.944. The first kappa shape index (κ1) is 8.87. The first-order valence-electron chi connectivity index (χ1n) is 4.90. The third kappa shape index (κ3) is 1.25. The first-order valence-corrected chi connectivity index (χ1v) is 6.69. The molecule has 0 N–H and O–H groups in total. The molecule has 0 aliphatic heterocycles. The second-order valence-electron chi connectivity index (χ2n) is 3.68. The molecule has 3 rings (SSSR count). The normalized spacial score (nSPS) is 12.5. The summed E-state index contributed by atoms with van der Waals surface area (Å²) in [6, 6.07) is 10.6. The summed E-state index contributed by atoms with van der Waals surface area (Å²) in [6.07, 6.45) is 0. The maximum atomic E-state index is 5.58. The summed E-state index contributed by atoms with van der Waals surface area (Å²) in [6.45, 7) is 4.14. The minimum atomic E-state index is -0.339. The number of benzene rings is 1. The number of fused-ring (bicyclic) bond motifs is 2. The molecule has 0 amide bonds. The Bertz CT molecular complexity index is 657. The van der Waals surface area contributed by atoms with Crippen LogP contribution in [-0.4, -0.2) is 4.98 Å². The molecular weight excluding hydrogens is 205 g/mol. The van der Waals surface area contributed by atoms with Crippen molar-refractivity contribution in [3.05, 3.63) is 36.2 Å². The third-order valence-corrected chi connectivity index (χ3v) is 4.73. The lowest BCUT2D eigenvalue weighted by molar-refractivity contribution is 0.561. The van der Waals surface area contributed by atoms with Gasteiger partial charge in [0.25, 0.3) is 5.25 Å². The fraction of sp³-hybridized carbons (Fsp3) is 0.167. The van der Waals surface area contributed by atoms with Gasteiger partial charge >= 0.3 is 0 Å². The molecule has 0 fully saturated rings. The van der Waals surface area contributed by atoms with Gasteiger partial charge < -0.3 is 4.42 Å². The zero-order valence-electron chi connectivity index (χ0n) is 8.69. The molecule has 2 heterocycles. The SMILES string of the molecule is Cc1nc2c(cc3ccccc3[p+]2C)o1. The van der Waals surface area contributed by atoms with Gasteiger partial charge in [0.15, 0.2) is 24.1 Å². The van der Waals surface area contributed by atoms with E-state index in [0.717, 1.165) is 16.7 Å². The van der Waals surface area contributed by atoms with Gasteiger partial charge in [0.2, 0.25) is 0 Å². The van der Waals surface area contributed by atoms with Gasteiger partial charge in [-0.3, -0.25) is 0 Å². The number of hydrogen-bond acceptors (Lipinski definition) is 2. The second-order valence-corrected chi connectivity index (χ2v) is 5.71. The summed E-state index contributed by atoms with van der Waals surface area (Å²) in [5, 5.41) is 3.80. The predicted molar refractivity (Wildman–Crippen MR) is 64.3 cm³/mol. The number of aryl methyl sites for hydroxylation is 2. The van der Waals surface area contributed by atoms with Crippen molar-refractivity contribution in [2.45, 2.75) is 6.92 Å². The van der Waals surface area contributed by atoms with E-state index in [2.05, 4.69) is 42.0 Å². The van der Waals surface area contributed by atoms with Crippen LogP contribution >= 0.6 is 7.53 Å². The molecule has 0 saturated heterocycles. The molecule has 3 heteroatoms. The molecule has 1 unspecified atom stereocenters. The molecule has 15 heavy (non-hydrogen) atoms. The van der Waals surface area contributed by atoms with Crippen LogP contribution in [0, 0.1) is 6.92 Å². The summed E-state index contributed by atoms with van der Waals surface area (Å²) in [7, 11) is -0.339. The molecule has 74 valence electrons. The van der Waals surface area contributed by atoms with Gasteiger partial charge in [-0.25, -0.2) is 0 Å². The minimum absolute atomic E-state index is 0.339. The monoisotopic (exact) mass is 216 g/mol. The zero-order valence-corrected chi connectivity index (χ0v) is 9.58. The van der Waals surface area contributed by atoms with Crippen LogP contribution in [0.3, 0.4) is 0 Å². The van der Waals surface area contributed by atoms with Crippen LogP contribution in [-0.2, 0) is 6.66 Å². The largest absolute Gasteiger partial charge is 0.437 e. The van der Waals surface area contributed by atoms with E-state index in [1.54, 1.807) is 0 Å². The van der Waals surface area contributed by atoms with E-state index < -0.39 is 0 Å². The number of oxazole rings is 1. The molecule has 1 atom stereocenters. The van der Waals surface area contributed by atoms with Crippen molar-refractivity contribution >= 4 is 28.9 Å². The topological polar surface area (TPSA) is 26.0 Å². The maximum absolute atomic E-state index is 5.58. The van der Waals surface area contributed by atoms with Crippen LogP contribution < -0.4 is 0 Å². The second kappa shape index (κ2) is 3.04. The number of rotatable bonds is 0. The lowest BCUT2D eigenvalue weighted by Gasteiger charge is -1.92. The maximum Gasteiger partial charge on any atom is 0.284 e. The van der Waals surface area contributed by atoms with Gasteiger partial charge in [0.1, 0.15) is 6.66 Å². The van der Waals surface area contributed by atoms with Gasteiger partial charge in [-0.1, -0.05) is 18.2 Å². The third-order valence-electron chi connectivity index (χ3n) is 2.64. The number of nitrogens with zero attached hydrogens (tertiary/aromatic N) is 1. The molecular formula is C12H11NOP+. The average molecular weight is 216 g/mol. The first-order chi connectivity index (χ1) is 7.25. The van der Waals surface area contributed by atoms with E-state index >= 15 is 0 Å². The number of hydrogen-bond donors (Lipinski definition) is 0. The van der Waals surface area contributed by atoms with Crippen LogP contribution in [0.4, 0.5) is 0 Å². The van der Waals surface area contributed by atoms with Gasteiger partial charge in [-0.05, 0) is 12.1 Å². The highest BCUT2D eigenvalue weighted by Gasteiger charge is 2.18. The fourth-order valence-electron chi connectivity index (χ4n) is 1.94. The van der Waals surface area contributed by atoms with Crippen molar-refractivity contribution in [1.29, 1.82) is 0 Å². The van der Waals surface area contributed by atoms with Crippen molar-refractivity contribution < 1.29 is 4.42 Å². The molecule has 0 saturated carbocycles. The summed E-state index contributed by atoms with van der Waals surface area (Å²) < 4.78 is 5.58. The van der Waals surface area contributed by atoms with E-state index in [-0.39, 0.29) is 7.53 Å². The van der Waals surface area contributed by atoms with Gasteiger partial charge in [0, 0.05) is 12.3 Å². The van der Waals surface area contributed by atoms with E-state index in [0.29, 0.717) is 0 Å². The van der Waals surface area contributed by atoms with Crippen molar-refractivity contribution in [2.75, 3.05) is 0 Å². The van der Waals surface area contributed by atoms with Crippen molar-refractivity contribution in [3.63, 3.8) is 0 Å². The highest BCUT2D eigenvalue weighted by molar-refractivity contribution is 7.58. The molecule has 0 radical (unpaired) electrons. The Kier molecular flexibility index (Phi) is 1.80. The highest BCUT2D eigenvalue weighted by atomic mass is 31.1. The van der Waals surface area contributed by atoms with Crippen molar-refractivity contribution in [1.82, 2.24) is 4.98 Å². The summed E-state index contributed by atoms with van der Waals surface area (Å²) >= 11 is 0. The van der Waals surface area contributed by atoms with Crippen molar-refractivity contribution in [2.24, 2.45) is 6.66 Å². The smallest absolute Gasteiger partial charge is 0.284 e. The summed E-state index contributed by atoms with van der Waals surface area (Å²) in [5.74, 6) is 0.762. The Labute approximate surface area is 88.6 Å². The molecule has 3 aromatic rings. The van der Waals surface area contributed by atoms with Crippen LogP contribution in [0.25, 0.3) is 21.3 Å². The van der Waals surface area contributed by atoms with E-state index in [9.17, 15) is 0 Å². The van der Waals surface area contributed by atoms with Crippen LogP contribution in [0.5, 0.6) is 0 Å². The van der Waals surface area contributed by atoms with Crippen LogP contribution in [0.15, 0.2) is 34.7 Å². The highest BCUT2D eigenvalue weighted by Crippen LogP contribution is 2.41. The van der Waals surface area contributed by atoms with Gasteiger partial charge in [-0.15, -0.1) is 0 Å². The Morgan fingerprint density at radius 3 is 2.93 bits per heavy atom. The summed E-state index contributed by atoms with van der Waals surface area (Å²) in [4.78, 5) is 4.46. The fourth-order valence-corrected chi connectivity index (χ4v) is 3.73. The van der Waals surface area contributed by atoms with E-state index in [1.807, 2.05) is 6.92 Å². The average Bonchev–Trinajstić information content (AvgIpc) is 2.59. The van der Waals surface area contributed by atoms with Crippen molar-refractivity contribution in [3.8, 4) is 0 Å². The quantitative estimate of drug-likeness (QED) is 0.565. The molecule has 1 aromatic carbocycles. The minimum Gasteiger partial charge on any atom is -0.437 e. The lowest BCUT2D eigenvalue weighted by atomic mass is 10.2. The molecule has 0 aliphatic carbocycles. The van der Waals surface area contributed by atoms with E-state index in [1.165, 1.54) is 10.5 Å². The number of aromatic nitrogens is 1. The Balaban J connectivity index is 2.58. The van der Waals surface area contributed by atoms with Crippen LogP contribution in [0.1, 0.15) is 5.89 Å². The Morgan fingerprint density at radius 1 is 1.27 bits per heavy atom. The van der Waals surface area contributed by atoms with E-state index in [4.69, 9.17) is 4.42 Å². The predicted octanol–water partition coefficient (Wildman–Crippen LogP) is 4.09. The van der Waals surface area contributed by atoms with Gasteiger partial charge in [0.05, 0.1) is 0 Å². The molecule has 0 aliphatic rings. The lowest BCUT2D eigenvalue weighted by Crippen LogP contribution is -1.72. The zero-order chi connectivity index (χ0) is 10.4. The standard InChI is InChI=1S/C12H11NOP/c1-8-13-12-10(14-8)7-9-5-3-4-6-11(9)15(12)2/h3-7H,1-2H3/q+1. The van der Waals surface area contributed by atoms with Crippen LogP contribution in [0.2, 0.25) is 0 Å². The molecule has 0 bridgehead atoms.